The Morgan fingerprint density at radius 1 is 1.62 bits per heavy atom. The van der Waals surface area contributed by atoms with Crippen molar-refractivity contribution in [2.75, 3.05) is 25.1 Å². The summed E-state index contributed by atoms with van der Waals surface area (Å²) in [4.78, 5) is 6.43. The van der Waals surface area contributed by atoms with Crippen molar-refractivity contribution in [3.05, 3.63) is 15.7 Å². The molecule has 116 valence electrons. The van der Waals surface area contributed by atoms with Crippen LogP contribution >= 0.6 is 23.1 Å². The predicted molar refractivity (Wildman–Crippen MR) is 74.1 cm³/mol. The standard InChI is InChI=1S/C9H13ClN6O4S/c10-7-14-8(21-15-7)13-4-1-20-9(3-17,2-12-16-11)6(19)5(4)18/h4-6,17-19H,1-3H2,(H,13,14,15)/t4?,5-,6-,9+/m1/s1. The first-order valence-corrected chi connectivity index (χ1v) is 7.05. The molecule has 0 saturated carbocycles. The highest BCUT2D eigenvalue weighted by molar-refractivity contribution is 7.09. The van der Waals surface area contributed by atoms with E-state index in [4.69, 9.17) is 21.9 Å². The predicted octanol–water partition coefficient (Wildman–Crippen LogP) is -0.235. The quantitative estimate of drug-likeness (QED) is 0.328. The summed E-state index contributed by atoms with van der Waals surface area (Å²) in [5.41, 5.74) is 6.82. The molecule has 0 radical (unpaired) electrons. The number of halogens is 1. The Kier molecular flexibility index (Phi) is 5.17. The van der Waals surface area contributed by atoms with Gasteiger partial charge in [-0.05, 0) is 17.1 Å². The summed E-state index contributed by atoms with van der Waals surface area (Å²) >= 11 is 6.59. The van der Waals surface area contributed by atoms with Crippen molar-refractivity contribution in [1.29, 1.82) is 0 Å². The van der Waals surface area contributed by atoms with E-state index in [1.165, 1.54) is 0 Å². The van der Waals surface area contributed by atoms with Crippen LogP contribution < -0.4 is 5.32 Å². The lowest BCUT2D eigenvalue weighted by Crippen LogP contribution is -2.65. The molecule has 2 heterocycles. The zero-order valence-corrected chi connectivity index (χ0v) is 12.2. The van der Waals surface area contributed by atoms with E-state index in [1.54, 1.807) is 0 Å². The first-order chi connectivity index (χ1) is 10.0. The lowest BCUT2D eigenvalue weighted by Gasteiger charge is -2.45. The zero-order valence-electron chi connectivity index (χ0n) is 10.6. The molecule has 1 fully saturated rings. The lowest BCUT2D eigenvalue weighted by molar-refractivity contribution is -0.210. The summed E-state index contributed by atoms with van der Waals surface area (Å²) in [5.74, 6) is 0. The fourth-order valence-electron chi connectivity index (χ4n) is 2.00. The molecule has 0 aliphatic carbocycles. The Morgan fingerprint density at radius 2 is 2.38 bits per heavy atom. The minimum absolute atomic E-state index is 0.0308. The Bertz CT molecular complexity index is 540. The molecular weight excluding hydrogens is 324 g/mol. The van der Waals surface area contributed by atoms with Gasteiger partial charge in [0.25, 0.3) is 0 Å². The van der Waals surface area contributed by atoms with Crippen LogP contribution in [-0.4, -0.2) is 68.3 Å². The Balaban J connectivity index is 2.09. The second-order valence-electron chi connectivity index (χ2n) is 4.48. The largest absolute Gasteiger partial charge is 0.393 e. The van der Waals surface area contributed by atoms with Crippen LogP contribution in [0, 0.1) is 0 Å². The highest BCUT2D eigenvalue weighted by atomic mass is 35.5. The molecule has 12 heteroatoms. The topological polar surface area (TPSA) is 156 Å². The monoisotopic (exact) mass is 336 g/mol. The van der Waals surface area contributed by atoms with Crippen LogP contribution in [0.5, 0.6) is 0 Å². The maximum absolute atomic E-state index is 10.2. The van der Waals surface area contributed by atoms with Gasteiger partial charge in [0.1, 0.15) is 17.8 Å². The number of aliphatic hydroxyl groups excluding tert-OH is 3. The third-order valence-electron chi connectivity index (χ3n) is 3.20. The van der Waals surface area contributed by atoms with Gasteiger partial charge >= 0.3 is 0 Å². The maximum atomic E-state index is 10.2. The fraction of sp³-hybridized carbons (Fsp3) is 0.778. The average molecular weight is 337 g/mol. The number of rotatable bonds is 5. The number of nitrogens with zero attached hydrogens (tertiary/aromatic N) is 5. The summed E-state index contributed by atoms with van der Waals surface area (Å²) in [6.45, 7) is -0.923. The van der Waals surface area contributed by atoms with Crippen LogP contribution in [0.15, 0.2) is 5.11 Å². The number of aliphatic hydroxyl groups is 3. The van der Waals surface area contributed by atoms with Crippen LogP contribution in [0.2, 0.25) is 5.28 Å². The van der Waals surface area contributed by atoms with Gasteiger partial charge < -0.3 is 25.4 Å². The number of aromatic nitrogens is 2. The number of hydrogen-bond donors (Lipinski definition) is 4. The van der Waals surface area contributed by atoms with Gasteiger partial charge in [-0.15, -0.1) is 0 Å². The van der Waals surface area contributed by atoms with E-state index in [0.29, 0.717) is 5.13 Å². The maximum Gasteiger partial charge on any atom is 0.236 e. The van der Waals surface area contributed by atoms with E-state index in [1.807, 2.05) is 0 Å². The van der Waals surface area contributed by atoms with Gasteiger partial charge in [-0.1, -0.05) is 5.11 Å². The zero-order chi connectivity index (χ0) is 15.5. The van der Waals surface area contributed by atoms with E-state index in [0.717, 1.165) is 11.5 Å². The van der Waals surface area contributed by atoms with Crippen molar-refractivity contribution < 1.29 is 20.1 Å². The third-order valence-corrected chi connectivity index (χ3v) is 4.12. The number of anilines is 1. The van der Waals surface area contributed by atoms with Crippen molar-refractivity contribution in [3.8, 4) is 0 Å². The first kappa shape index (κ1) is 16.2. The van der Waals surface area contributed by atoms with Crippen molar-refractivity contribution in [2.24, 2.45) is 5.11 Å². The van der Waals surface area contributed by atoms with E-state index in [2.05, 4.69) is 24.7 Å². The van der Waals surface area contributed by atoms with Crippen molar-refractivity contribution in [3.63, 3.8) is 0 Å². The van der Waals surface area contributed by atoms with Crippen LogP contribution in [0.4, 0.5) is 5.13 Å². The SMILES string of the molecule is [N-]=[N+]=NC[C@@]1(CO)OCC(Nc2nc(Cl)ns2)[C@@H](O)[C@H]1O. The Labute approximate surface area is 128 Å². The van der Waals surface area contributed by atoms with Gasteiger partial charge in [0.05, 0.1) is 25.8 Å². The fourth-order valence-corrected chi connectivity index (χ4v) is 2.77. The first-order valence-electron chi connectivity index (χ1n) is 5.90. The van der Waals surface area contributed by atoms with Gasteiger partial charge in [0.2, 0.25) is 10.4 Å². The summed E-state index contributed by atoms with van der Waals surface area (Å²) in [7, 11) is 0. The molecule has 4 N–H and O–H groups in total. The number of nitrogens with one attached hydrogen (secondary N) is 1. The molecule has 0 amide bonds. The van der Waals surface area contributed by atoms with Gasteiger partial charge in [-0.3, -0.25) is 0 Å². The second kappa shape index (κ2) is 6.71. The summed E-state index contributed by atoms with van der Waals surface area (Å²) < 4.78 is 9.19. The van der Waals surface area contributed by atoms with Crippen LogP contribution in [-0.2, 0) is 4.74 Å². The minimum atomic E-state index is -1.53. The van der Waals surface area contributed by atoms with Gasteiger partial charge in [-0.25, -0.2) is 0 Å². The van der Waals surface area contributed by atoms with Gasteiger partial charge in [0.15, 0.2) is 0 Å². The summed E-state index contributed by atoms with van der Waals surface area (Å²) in [6, 6.07) is -0.672. The molecule has 1 aromatic rings. The minimum Gasteiger partial charge on any atom is -0.393 e. The molecule has 10 nitrogen and oxygen atoms in total. The van der Waals surface area contributed by atoms with E-state index < -0.39 is 30.5 Å². The van der Waals surface area contributed by atoms with Crippen molar-refractivity contribution in [1.82, 2.24) is 9.36 Å². The Hall–Kier alpha value is -1.20. The molecule has 1 aliphatic rings. The summed E-state index contributed by atoms with van der Waals surface area (Å²) in [6.07, 6.45) is -2.70. The lowest BCUT2D eigenvalue weighted by atomic mass is 9.87. The number of ether oxygens (including phenoxy) is 1. The summed E-state index contributed by atoms with van der Waals surface area (Å²) in [5, 5.41) is 36.3. The highest BCUT2D eigenvalue weighted by Crippen LogP contribution is 2.28. The average Bonchev–Trinajstić information content (AvgIpc) is 2.89. The molecule has 0 bridgehead atoms. The van der Waals surface area contributed by atoms with E-state index >= 15 is 0 Å². The molecule has 2 rings (SSSR count). The molecule has 4 atom stereocenters. The van der Waals surface area contributed by atoms with Gasteiger partial charge in [0, 0.05) is 16.4 Å². The van der Waals surface area contributed by atoms with Gasteiger partial charge in [-0.2, -0.15) is 9.36 Å². The van der Waals surface area contributed by atoms with E-state index in [9.17, 15) is 15.3 Å². The molecular formula is C9H13ClN6O4S. The van der Waals surface area contributed by atoms with Crippen molar-refractivity contribution in [2.45, 2.75) is 23.9 Å². The molecule has 1 aliphatic heterocycles. The molecule has 21 heavy (non-hydrogen) atoms. The van der Waals surface area contributed by atoms with Crippen molar-refractivity contribution >= 4 is 28.3 Å². The molecule has 1 aromatic heterocycles. The third kappa shape index (κ3) is 3.35. The van der Waals surface area contributed by atoms with Crippen LogP contribution in [0.3, 0.4) is 0 Å². The number of azide groups is 1. The second-order valence-corrected chi connectivity index (χ2v) is 5.57. The molecule has 0 spiro atoms. The van der Waals surface area contributed by atoms with E-state index in [-0.39, 0.29) is 18.4 Å². The smallest absolute Gasteiger partial charge is 0.236 e. The Morgan fingerprint density at radius 3 is 2.95 bits per heavy atom. The van der Waals surface area contributed by atoms with Crippen LogP contribution in [0.1, 0.15) is 0 Å². The highest BCUT2D eigenvalue weighted by Gasteiger charge is 2.49. The molecule has 0 aromatic carbocycles. The molecule has 1 saturated heterocycles. The van der Waals surface area contributed by atoms with Crippen LogP contribution in [0.25, 0.3) is 10.4 Å². The molecule has 1 unspecified atom stereocenters. The normalized spacial score (nSPS) is 32.5. The number of hydrogen-bond acceptors (Lipinski definition) is 9.